The van der Waals surface area contributed by atoms with E-state index in [4.69, 9.17) is 56.8 Å². The van der Waals surface area contributed by atoms with Gasteiger partial charge in [-0.25, -0.2) is 0 Å². The van der Waals surface area contributed by atoms with Crippen LogP contribution in [0.4, 0.5) is 0 Å². The standard InChI is InChI=1S/C33H28O2.C27H24O2.C22H22O2.C21H20O2.C16H18O3.C16H18O2/c1-24-8-12-26(13-9-24)28-16-20-31(21-17-28)34-33(30-6-4-3-5-7-30)35-32-22-18-29(19-23-32)27-14-10-25(2)11-15-27;1-21-13-17-25(18-14-21)28-27(23-9-5-3-6-10-23,24-11-7-4-8-12-24)29-26-19-15-22(2)16-20-26;1-17-9-13-20(14-10-17)23-22(3,19-7-5-4-6-8-19)24-21-15-11-18(2)12-16-21;1-16-8-12-19(13-9-16)22-21(18-6-4-3-5-7-18)23-20-14-10-17(2)11-15-20;1-12-3-7-14(8-4-12)18-16(11-17)19-15-9-5-13(2)6-10-15;1-12-4-8-15(9-5-12)17-14(3)18-16-10-6-13(2)7-11-16/h3-23,33H,1-2H3;3-20H,1-2H3;4-16H,1-3H3;3-15,21H,1-2H3;3-10,16-17H,11H2,1-2H3;4-11,14H,1-3H3. The molecule has 0 amide bonds. The fourth-order valence-electron chi connectivity index (χ4n) is 15.3. The van der Waals surface area contributed by atoms with Gasteiger partial charge in [0.2, 0.25) is 6.29 Å². The molecular weight excluding hydrogens is 1830 g/mol. The Morgan fingerprint density at radius 1 is 0.182 bits per heavy atom. The van der Waals surface area contributed by atoms with Crippen molar-refractivity contribution in [3.63, 3.8) is 0 Å². The third-order valence-electron chi connectivity index (χ3n) is 23.8. The molecule has 13 heteroatoms. The monoisotopic (exact) mass is 1960 g/mol. The number of benzene rings is 19. The fourth-order valence-corrected chi connectivity index (χ4v) is 15.3. The van der Waals surface area contributed by atoms with Gasteiger partial charge in [-0.1, -0.05) is 413 Å². The van der Waals surface area contributed by atoms with Crippen LogP contribution in [0.2, 0.25) is 0 Å². The molecule has 0 saturated heterocycles. The Bertz CT molecular complexity index is 6710. The zero-order chi connectivity index (χ0) is 104. The molecule has 0 bridgehead atoms. The van der Waals surface area contributed by atoms with Gasteiger partial charge in [0.25, 0.3) is 24.7 Å². The summed E-state index contributed by atoms with van der Waals surface area (Å²) in [6.45, 7) is 28.3. The molecule has 0 radical (unpaired) electrons. The Balaban J connectivity index is 0.000000142. The van der Waals surface area contributed by atoms with Crippen LogP contribution in [-0.2, 0) is 11.6 Å². The van der Waals surface area contributed by atoms with Gasteiger partial charge < -0.3 is 61.9 Å². The zero-order valence-electron chi connectivity index (χ0n) is 86.6. The van der Waals surface area contributed by atoms with Crippen LogP contribution >= 0.6 is 0 Å². The molecule has 0 saturated carbocycles. The number of aliphatic hydroxyl groups excluding tert-OH is 1. The summed E-state index contributed by atoms with van der Waals surface area (Å²) in [4.78, 5) is 0. The van der Waals surface area contributed by atoms with Gasteiger partial charge in [0.1, 0.15) is 75.6 Å². The van der Waals surface area contributed by atoms with Crippen LogP contribution in [0.25, 0.3) is 22.3 Å². The van der Waals surface area contributed by atoms with Crippen molar-refractivity contribution in [2.24, 2.45) is 0 Å². The van der Waals surface area contributed by atoms with E-state index >= 15 is 0 Å². The summed E-state index contributed by atoms with van der Waals surface area (Å²) in [5.41, 5.74) is 23.9. The first-order valence-corrected chi connectivity index (χ1v) is 49.8. The largest absolute Gasteiger partial charge is 0.455 e. The molecule has 0 heterocycles. The van der Waals surface area contributed by atoms with Crippen LogP contribution in [0.5, 0.6) is 69.0 Å². The van der Waals surface area contributed by atoms with Crippen LogP contribution in [-0.4, -0.2) is 24.3 Å². The van der Waals surface area contributed by atoms with Crippen molar-refractivity contribution in [2.45, 2.75) is 134 Å². The van der Waals surface area contributed by atoms with Crippen molar-refractivity contribution >= 4 is 0 Å². The van der Waals surface area contributed by atoms with Crippen LogP contribution in [0.1, 0.15) is 121 Å². The van der Waals surface area contributed by atoms with Crippen molar-refractivity contribution in [3.8, 4) is 91.2 Å². The highest BCUT2D eigenvalue weighted by molar-refractivity contribution is 5.66. The lowest BCUT2D eigenvalue weighted by Crippen LogP contribution is -2.40. The highest BCUT2D eigenvalue weighted by atomic mass is 16.7. The average Bonchev–Trinajstić information content (AvgIpc) is 0.764. The van der Waals surface area contributed by atoms with E-state index in [2.05, 4.69) is 142 Å². The summed E-state index contributed by atoms with van der Waals surface area (Å²) in [6.07, 6.45) is -2.06. The maximum Gasteiger partial charge on any atom is 0.305 e. The molecule has 0 aliphatic heterocycles. The summed E-state index contributed by atoms with van der Waals surface area (Å²) in [5.74, 6) is 7.10. The second-order valence-electron chi connectivity index (χ2n) is 36.6. The highest BCUT2D eigenvalue weighted by Crippen LogP contribution is 2.40. The third kappa shape index (κ3) is 33.4. The van der Waals surface area contributed by atoms with Crippen molar-refractivity contribution in [3.05, 3.63) is 586 Å². The molecule has 19 rings (SSSR count). The van der Waals surface area contributed by atoms with Gasteiger partial charge in [0, 0.05) is 41.7 Å². The molecule has 0 fully saturated rings. The minimum atomic E-state index is -1.12. The molecule has 0 spiro atoms. The van der Waals surface area contributed by atoms with Gasteiger partial charge in [-0.3, -0.25) is 0 Å². The molecule has 0 aliphatic carbocycles. The van der Waals surface area contributed by atoms with Gasteiger partial charge in [0.05, 0.1) is 0 Å². The normalized spacial score (nSPS) is 10.8. The first-order chi connectivity index (χ1) is 71.8. The Morgan fingerprint density at radius 3 is 0.574 bits per heavy atom. The molecule has 0 unspecified atom stereocenters. The summed E-state index contributed by atoms with van der Waals surface area (Å²) in [7, 11) is 0. The number of hydrogen-bond donors (Lipinski definition) is 1. The number of rotatable bonds is 32. The van der Waals surface area contributed by atoms with E-state index in [1.807, 2.05) is 446 Å². The van der Waals surface area contributed by atoms with E-state index in [0.29, 0.717) is 11.5 Å². The molecule has 0 aromatic heterocycles. The Labute approximate surface area is 873 Å². The molecule has 748 valence electrons. The van der Waals surface area contributed by atoms with E-state index < -0.39 is 30.4 Å². The molecular formula is C135H130O13. The average molecular weight is 1960 g/mol. The van der Waals surface area contributed by atoms with E-state index in [1.165, 1.54) is 66.8 Å². The van der Waals surface area contributed by atoms with Gasteiger partial charge in [-0.2, -0.15) is 0 Å². The quantitative estimate of drug-likeness (QED) is 0.0402. The number of aryl methyl sites for hydroxylation is 12. The van der Waals surface area contributed by atoms with Gasteiger partial charge in [-0.15, -0.1) is 0 Å². The summed E-state index contributed by atoms with van der Waals surface area (Å²) < 4.78 is 73.1. The zero-order valence-corrected chi connectivity index (χ0v) is 86.6. The lowest BCUT2D eigenvalue weighted by atomic mass is 9.96. The van der Waals surface area contributed by atoms with Gasteiger partial charge in [-0.05, 0) is 251 Å². The number of aliphatic hydroxyl groups is 1. The molecule has 19 aromatic carbocycles. The van der Waals surface area contributed by atoms with Gasteiger partial charge in [0.15, 0.2) is 0 Å². The molecule has 13 nitrogen and oxygen atoms in total. The van der Waals surface area contributed by atoms with Crippen LogP contribution < -0.4 is 56.8 Å². The highest BCUT2D eigenvalue weighted by Gasteiger charge is 2.40. The molecule has 19 aromatic rings. The topological polar surface area (TPSA) is 131 Å². The summed E-state index contributed by atoms with van der Waals surface area (Å²) >= 11 is 0. The number of ether oxygens (including phenoxy) is 12. The molecule has 1 N–H and O–H groups in total. The van der Waals surface area contributed by atoms with Crippen LogP contribution in [0, 0.1) is 83.1 Å². The van der Waals surface area contributed by atoms with E-state index in [1.54, 1.807) is 0 Å². The van der Waals surface area contributed by atoms with Crippen molar-refractivity contribution in [1.82, 2.24) is 0 Å². The lowest BCUT2D eigenvalue weighted by molar-refractivity contribution is -0.105. The first-order valence-electron chi connectivity index (χ1n) is 49.8. The lowest BCUT2D eigenvalue weighted by Gasteiger charge is -2.35. The smallest absolute Gasteiger partial charge is 0.305 e. The SMILES string of the molecule is Cc1ccc(-c2ccc(OC(Oc3ccc(-c4ccc(C)cc4)cc3)c3ccccc3)cc2)cc1.Cc1ccc(OC(C)(Oc2ccc(C)cc2)c2ccccc2)cc1.Cc1ccc(OC(C)Oc2ccc(C)cc2)cc1.Cc1ccc(OC(CO)Oc2ccc(C)cc2)cc1.Cc1ccc(OC(Oc2ccc(C)cc2)(c2ccccc2)c2ccccc2)cc1.Cc1ccc(OC(Oc2ccc(C)cc2)c2ccccc2)cc1. The Morgan fingerprint density at radius 2 is 0.351 bits per heavy atom. The maximum atomic E-state index is 9.31. The molecule has 0 aliphatic rings. The second kappa shape index (κ2) is 53.9. The van der Waals surface area contributed by atoms with Gasteiger partial charge >= 0.3 is 5.79 Å². The Hall–Kier alpha value is -17.3. The fraction of sp³-hybridized carbons (Fsp3) is 0.156. The van der Waals surface area contributed by atoms with E-state index in [-0.39, 0.29) is 12.9 Å². The van der Waals surface area contributed by atoms with Crippen LogP contribution in [0.3, 0.4) is 0 Å². The van der Waals surface area contributed by atoms with E-state index in [0.717, 1.165) is 108 Å². The van der Waals surface area contributed by atoms with E-state index in [9.17, 15) is 5.11 Å². The van der Waals surface area contributed by atoms with Crippen molar-refractivity contribution < 1.29 is 61.9 Å². The molecule has 148 heavy (non-hydrogen) atoms. The minimum Gasteiger partial charge on any atom is -0.455 e. The predicted molar refractivity (Wildman–Crippen MR) is 599 cm³/mol. The summed E-state index contributed by atoms with van der Waals surface area (Å²) in [5, 5.41) is 9.31. The number of hydrogen-bond acceptors (Lipinski definition) is 13. The minimum absolute atomic E-state index is 0.207. The first kappa shape index (κ1) is 107. The maximum absolute atomic E-state index is 9.31. The van der Waals surface area contributed by atoms with Crippen molar-refractivity contribution in [1.29, 1.82) is 0 Å². The third-order valence-corrected chi connectivity index (χ3v) is 23.8. The van der Waals surface area contributed by atoms with Crippen LogP contribution in [0.15, 0.2) is 491 Å². The molecule has 0 atom stereocenters. The van der Waals surface area contributed by atoms with Crippen molar-refractivity contribution in [2.75, 3.05) is 6.61 Å². The second-order valence-corrected chi connectivity index (χ2v) is 36.6. The predicted octanol–water partition coefficient (Wildman–Crippen LogP) is 33.7. The summed E-state index contributed by atoms with van der Waals surface area (Å²) in [6, 6.07) is 163. The Kier molecular flexibility index (Phi) is 38.8.